The third-order valence-corrected chi connectivity index (χ3v) is 6.15. The smallest absolute Gasteiger partial charge is 0.408 e. The number of nitrogens with one attached hydrogen (secondary N) is 2. The largest absolute Gasteiger partial charge is 0.480 e. The average Bonchev–Trinajstić information content (AvgIpc) is 3.23. The van der Waals surface area contributed by atoms with Crippen LogP contribution in [0, 0.1) is 11.6 Å². The first-order valence-corrected chi connectivity index (χ1v) is 10.9. The number of hydrogen-bond acceptors (Lipinski definition) is 4. The highest BCUT2D eigenvalue weighted by Gasteiger charge is 2.38. The fourth-order valence-corrected chi connectivity index (χ4v) is 4.12. The normalized spacial score (nSPS) is 14.9. The molecule has 0 bridgehead atoms. The van der Waals surface area contributed by atoms with Gasteiger partial charge in [-0.3, -0.25) is 4.79 Å². The number of amides is 1. The molecule has 6 nitrogen and oxygen atoms in total. The molecule has 0 aromatic heterocycles. The van der Waals surface area contributed by atoms with Crippen LogP contribution in [0.15, 0.2) is 28.7 Å². The van der Waals surface area contributed by atoms with E-state index in [1.54, 1.807) is 12.1 Å². The molecule has 1 heterocycles. The van der Waals surface area contributed by atoms with Crippen LogP contribution in [0.2, 0.25) is 0 Å². The Morgan fingerprint density at radius 2 is 1.76 bits per heavy atom. The van der Waals surface area contributed by atoms with Gasteiger partial charge in [-0.25, -0.2) is 13.6 Å². The maximum atomic E-state index is 14.5. The van der Waals surface area contributed by atoms with Gasteiger partial charge in [0.05, 0.1) is 13.2 Å². The number of ether oxygens (including phenoxy) is 1. The molecule has 184 valence electrons. The lowest BCUT2D eigenvalue weighted by Crippen LogP contribution is -2.43. The first kappa shape index (κ1) is 25.9. The molecule has 34 heavy (non-hydrogen) atoms. The molecule has 0 unspecified atom stereocenters. The molecule has 1 aliphatic heterocycles. The topological polar surface area (TPSA) is 87.7 Å². The number of carboxylic acid groups (broad SMARTS) is 1. The van der Waals surface area contributed by atoms with Crippen LogP contribution in [-0.2, 0) is 29.2 Å². The van der Waals surface area contributed by atoms with Gasteiger partial charge in [0.2, 0.25) is 0 Å². The van der Waals surface area contributed by atoms with Gasteiger partial charge in [-0.1, -0.05) is 28.9 Å². The summed E-state index contributed by atoms with van der Waals surface area (Å²) in [6.45, 7) is 1.83. The van der Waals surface area contributed by atoms with Crippen LogP contribution in [0.1, 0.15) is 40.4 Å². The van der Waals surface area contributed by atoms with E-state index in [9.17, 15) is 36.6 Å². The average molecular weight is 551 g/mol. The van der Waals surface area contributed by atoms with Gasteiger partial charge in [0, 0.05) is 16.6 Å². The van der Waals surface area contributed by atoms with Crippen molar-refractivity contribution in [3.63, 3.8) is 0 Å². The molecular formula is C22H20BrF5N2O4. The molecule has 1 amide bonds. The number of rotatable bonds is 8. The summed E-state index contributed by atoms with van der Waals surface area (Å²) < 4.78 is 74.0. The highest BCUT2D eigenvalue weighted by atomic mass is 79.9. The summed E-state index contributed by atoms with van der Waals surface area (Å²) in [5.74, 6) is -5.64. The number of carbonyl (C=O) groups excluding carboxylic acids is 1. The van der Waals surface area contributed by atoms with Crippen LogP contribution >= 0.6 is 15.9 Å². The maximum absolute atomic E-state index is 14.5. The van der Waals surface area contributed by atoms with Crippen molar-refractivity contribution in [1.82, 2.24) is 5.32 Å². The highest BCUT2D eigenvalue weighted by molar-refractivity contribution is 9.10. The predicted molar refractivity (Wildman–Crippen MR) is 115 cm³/mol. The number of carboxylic acids is 1. The van der Waals surface area contributed by atoms with Crippen LogP contribution in [0.3, 0.4) is 0 Å². The van der Waals surface area contributed by atoms with Gasteiger partial charge in [0.1, 0.15) is 29.3 Å². The minimum atomic E-state index is -4.65. The van der Waals surface area contributed by atoms with Crippen molar-refractivity contribution >= 4 is 33.5 Å². The molecule has 1 aliphatic rings. The zero-order valence-electron chi connectivity index (χ0n) is 17.7. The van der Waals surface area contributed by atoms with E-state index in [0.29, 0.717) is 24.3 Å². The second-order valence-corrected chi connectivity index (χ2v) is 8.54. The van der Waals surface area contributed by atoms with Crippen molar-refractivity contribution in [3.05, 3.63) is 62.6 Å². The summed E-state index contributed by atoms with van der Waals surface area (Å²) in [6, 6.07) is 0.914. The summed E-state index contributed by atoms with van der Waals surface area (Å²) >= 11 is 3.38. The summed E-state index contributed by atoms with van der Waals surface area (Å²) in [7, 11) is 0. The maximum Gasteiger partial charge on any atom is 0.408 e. The number of hydrogen-bond donors (Lipinski definition) is 3. The summed E-state index contributed by atoms with van der Waals surface area (Å²) in [5.41, 5.74) is 0.592. The van der Waals surface area contributed by atoms with Gasteiger partial charge >= 0.3 is 12.1 Å². The summed E-state index contributed by atoms with van der Waals surface area (Å²) in [5, 5.41) is 13.6. The highest BCUT2D eigenvalue weighted by Crippen LogP contribution is 2.31. The lowest BCUT2D eigenvalue weighted by molar-refractivity contribution is -0.143. The number of aliphatic carboxylic acids is 1. The fraction of sp³-hybridized carbons (Fsp3) is 0.364. The SMILES string of the molecule is CC[C@@H](Nc1cc(F)c(C(=O)N[C@@H](Cc2ccc(Br)c3c2COC3)C(=O)O)c(F)c1)C(F)(F)F. The van der Waals surface area contributed by atoms with Crippen molar-refractivity contribution in [1.29, 1.82) is 0 Å². The van der Waals surface area contributed by atoms with Crippen LogP contribution < -0.4 is 10.6 Å². The Morgan fingerprint density at radius 1 is 1.15 bits per heavy atom. The molecular weight excluding hydrogens is 531 g/mol. The van der Waals surface area contributed by atoms with Crippen molar-refractivity contribution < 1.29 is 41.4 Å². The number of halogens is 6. The lowest BCUT2D eigenvalue weighted by atomic mass is 9.97. The standard InChI is InChI=1S/C22H20BrF5N2O4/c1-2-18(22(26,27)28)29-11-6-15(24)19(16(25)7-11)20(31)30-17(21(32)33)5-10-3-4-14(23)13-9-34-8-12(10)13/h3-4,6-7,17-18,29H,2,5,8-9H2,1H3,(H,30,31)(H,32,33)/t17-,18+/m0/s1. The second kappa shape index (κ2) is 10.3. The van der Waals surface area contributed by atoms with Crippen LogP contribution in [0.5, 0.6) is 0 Å². The first-order valence-electron chi connectivity index (χ1n) is 10.1. The Morgan fingerprint density at radius 3 is 2.32 bits per heavy atom. The molecule has 0 spiro atoms. The van der Waals surface area contributed by atoms with E-state index in [-0.39, 0.29) is 19.4 Å². The van der Waals surface area contributed by atoms with Gasteiger partial charge in [-0.2, -0.15) is 13.2 Å². The van der Waals surface area contributed by atoms with Crippen LogP contribution in [0.25, 0.3) is 0 Å². The Labute approximate surface area is 199 Å². The van der Waals surface area contributed by atoms with Crippen molar-refractivity contribution in [2.24, 2.45) is 0 Å². The molecule has 2 atom stereocenters. The van der Waals surface area contributed by atoms with Crippen LogP contribution in [-0.4, -0.2) is 35.2 Å². The van der Waals surface area contributed by atoms with E-state index in [2.05, 4.69) is 21.2 Å². The van der Waals surface area contributed by atoms with Gasteiger partial charge < -0.3 is 20.5 Å². The molecule has 0 saturated carbocycles. The molecule has 2 aromatic rings. The molecule has 3 rings (SSSR count). The quantitative estimate of drug-likeness (QED) is 0.405. The number of fused-ring (bicyclic) bond motifs is 1. The Kier molecular flexibility index (Phi) is 7.81. The van der Waals surface area contributed by atoms with Gasteiger partial charge in [-0.15, -0.1) is 0 Å². The third kappa shape index (κ3) is 5.66. The monoisotopic (exact) mass is 550 g/mol. The van der Waals surface area contributed by atoms with E-state index in [1.807, 2.05) is 5.32 Å². The molecule has 0 aliphatic carbocycles. The predicted octanol–water partition coefficient (Wildman–Crippen LogP) is 4.94. The fourth-order valence-electron chi connectivity index (χ4n) is 3.64. The van der Waals surface area contributed by atoms with Gasteiger partial charge in [0.25, 0.3) is 5.91 Å². The lowest BCUT2D eigenvalue weighted by Gasteiger charge is -2.22. The van der Waals surface area contributed by atoms with Crippen LogP contribution in [0.4, 0.5) is 27.6 Å². The number of carbonyl (C=O) groups is 2. The second-order valence-electron chi connectivity index (χ2n) is 7.69. The van der Waals surface area contributed by atoms with Gasteiger partial charge in [0.15, 0.2) is 0 Å². The van der Waals surface area contributed by atoms with E-state index < -0.39 is 53.0 Å². The Bertz CT molecular complexity index is 1090. The minimum absolute atomic E-state index is 0.174. The third-order valence-electron chi connectivity index (χ3n) is 5.40. The molecule has 0 saturated heterocycles. The Balaban J connectivity index is 1.81. The van der Waals surface area contributed by atoms with E-state index in [1.165, 1.54) is 6.92 Å². The van der Waals surface area contributed by atoms with Gasteiger partial charge in [-0.05, 0) is 41.3 Å². The van der Waals surface area contributed by atoms with Crippen molar-refractivity contribution in [2.45, 2.75) is 51.2 Å². The van der Waals surface area contributed by atoms with Crippen molar-refractivity contribution in [3.8, 4) is 0 Å². The zero-order valence-corrected chi connectivity index (χ0v) is 19.3. The van der Waals surface area contributed by atoms with E-state index >= 15 is 0 Å². The van der Waals surface area contributed by atoms with Crippen molar-refractivity contribution in [2.75, 3.05) is 5.32 Å². The van der Waals surface area contributed by atoms with E-state index in [0.717, 1.165) is 15.6 Å². The summed E-state index contributed by atoms with van der Waals surface area (Å²) in [4.78, 5) is 24.3. The minimum Gasteiger partial charge on any atom is -0.480 e. The molecule has 0 fully saturated rings. The summed E-state index contributed by atoms with van der Waals surface area (Å²) in [6.07, 6.45) is -5.21. The molecule has 3 N–H and O–H groups in total. The first-order chi connectivity index (χ1) is 15.9. The molecule has 0 radical (unpaired) electrons. The number of benzene rings is 2. The molecule has 2 aromatic carbocycles. The zero-order chi connectivity index (χ0) is 25.2. The number of alkyl halides is 3. The molecule has 12 heteroatoms. The Hall–Kier alpha value is -2.73. The number of anilines is 1. The van der Waals surface area contributed by atoms with E-state index in [4.69, 9.17) is 4.74 Å².